The number of hydrogen-bond acceptors (Lipinski definition) is 5. The zero-order chi connectivity index (χ0) is 24.6. The van der Waals surface area contributed by atoms with Gasteiger partial charge in [-0.1, -0.05) is 78.9 Å². The number of tetrazole rings is 1. The third kappa shape index (κ3) is 5.79. The second kappa shape index (κ2) is 11.1. The Bertz CT molecular complexity index is 1350. The highest BCUT2D eigenvalue weighted by Gasteiger charge is 2.17. The van der Waals surface area contributed by atoms with Crippen molar-refractivity contribution >= 4 is 11.7 Å². The lowest BCUT2D eigenvalue weighted by molar-refractivity contribution is 0.250. The van der Waals surface area contributed by atoms with Crippen LogP contribution in [0.5, 0.6) is 0 Å². The fourth-order valence-electron chi connectivity index (χ4n) is 3.87. The topological polar surface area (TPSA) is 97.6 Å². The molecule has 0 aliphatic carbocycles. The summed E-state index contributed by atoms with van der Waals surface area (Å²) in [6.45, 7) is 0.608. The highest BCUT2D eigenvalue weighted by Crippen LogP contribution is 2.21. The molecule has 0 fully saturated rings. The largest absolute Gasteiger partial charge is 0.327 e. The van der Waals surface area contributed by atoms with Crippen LogP contribution in [-0.2, 0) is 13.0 Å². The van der Waals surface area contributed by atoms with Gasteiger partial charge in [0, 0.05) is 23.6 Å². The van der Waals surface area contributed by atoms with E-state index in [-0.39, 0.29) is 12.1 Å². The Morgan fingerprint density at radius 1 is 0.833 bits per heavy atom. The van der Waals surface area contributed by atoms with Crippen molar-refractivity contribution in [1.82, 2.24) is 30.5 Å². The van der Waals surface area contributed by atoms with Gasteiger partial charge in [-0.25, -0.2) is 4.79 Å². The zero-order valence-corrected chi connectivity index (χ0v) is 19.5. The van der Waals surface area contributed by atoms with Gasteiger partial charge in [0.1, 0.15) is 0 Å². The number of rotatable bonds is 8. The summed E-state index contributed by atoms with van der Waals surface area (Å²) in [7, 11) is 0. The number of pyridine rings is 1. The SMILES string of the molecule is O=C(Nc1ccc(CCn2nnc(-c3ccccc3)n2)cc1)NC(c1ccccc1)c1cccnc1. The van der Waals surface area contributed by atoms with E-state index in [0.717, 1.165) is 28.7 Å². The first-order chi connectivity index (χ1) is 17.7. The van der Waals surface area contributed by atoms with Crippen molar-refractivity contribution < 1.29 is 4.79 Å². The van der Waals surface area contributed by atoms with E-state index in [1.807, 2.05) is 97.1 Å². The molecule has 8 nitrogen and oxygen atoms in total. The number of benzene rings is 3. The van der Waals surface area contributed by atoms with Gasteiger partial charge in [-0.3, -0.25) is 4.98 Å². The third-order valence-corrected chi connectivity index (χ3v) is 5.72. The average Bonchev–Trinajstić information content (AvgIpc) is 3.42. The fourth-order valence-corrected chi connectivity index (χ4v) is 3.87. The Morgan fingerprint density at radius 2 is 1.56 bits per heavy atom. The van der Waals surface area contributed by atoms with Crippen LogP contribution in [0.3, 0.4) is 0 Å². The average molecular weight is 476 g/mol. The summed E-state index contributed by atoms with van der Waals surface area (Å²) in [5.74, 6) is 0.612. The lowest BCUT2D eigenvalue weighted by Crippen LogP contribution is -2.33. The molecule has 5 rings (SSSR count). The van der Waals surface area contributed by atoms with Crippen LogP contribution in [0.2, 0.25) is 0 Å². The van der Waals surface area contributed by atoms with Crippen molar-refractivity contribution in [2.24, 2.45) is 0 Å². The van der Waals surface area contributed by atoms with Gasteiger partial charge >= 0.3 is 6.03 Å². The number of anilines is 1. The molecule has 0 spiro atoms. The molecule has 0 aliphatic heterocycles. The molecule has 0 saturated heterocycles. The number of hydrogen-bond donors (Lipinski definition) is 2. The summed E-state index contributed by atoms with van der Waals surface area (Å²) in [5, 5.41) is 18.7. The van der Waals surface area contributed by atoms with Crippen LogP contribution in [0.15, 0.2) is 109 Å². The Morgan fingerprint density at radius 3 is 2.28 bits per heavy atom. The molecule has 5 aromatic rings. The predicted molar refractivity (Wildman–Crippen MR) is 138 cm³/mol. The van der Waals surface area contributed by atoms with Gasteiger partial charge in [0.2, 0.25) is 5.82 Å². The summed E-state index contributed by atoms with van der Waals surface area (Å²) in [5.41, 5.74) is 4.64. The number of aromatic nitrogens is 5. The maximum atomic E-state index is 12.8. The van der Waals surface area contributed by atoms with Crippen LogP contribution in [-0.4, -0.2) is 31.2 Å². The molecular formula is C28H25N7O. The molecule has 8 heteroatoms. The molecule has 0 radical (unpaired) electrons. The van der Waals surface area contributed by atoms with Crippen LogP contribution in [0.1, 0.15) is 22.7 Å². The van der Waals surface area contributed by atoms with Gasteiger partial charge in [0.05, 0.1) is 12.6 Å². The van der Waals surface area contributed by atoms with E-state index in [0.29, 0.717) is 18.1 Å². The summed E-state index contributed by atoms with van der Waals surface area (Å²) < 4.78 is 0. The number of carbonyl (C=O) groups excluding carboxylic acids is 1. The van der Waals surface area contributed by atoms with Gasteiger partial charge in [-0.05, 0) is 46.5 Å². The van der Waals surface area contributed by atoms with Crippen molar-refractivity contribution in [3.05, 3.63) is 126 Å². The quantitative estimate of drug-likeness (QED) is 0.333. The van der Waals surface area contributed by atoms with Gasteiger partial charge in [-0.2, -0.15) is 4.80 Å². The van der Waals surface area contributed by atoms with Crippen LogP contribution in [0.25, 0.3) is 11.4 Å². The van der Waals surface area contributed by atoms with Crippen LogP contribution < -0.4 is 10.6 Å². The first-order valence-corrected chi connectivity index (χ1v) is 11.7. The van der Waals surface area contributed by atoms with Gasteiger partial charge in [-0.15, -0.1) is 10.2 Å². The smallest absolute Gasteiger partial charge is 0.319 e. The monoisotopic (exact) mass is 475 g/mol. The molecular weight excluding hydrogens is 450 g/mol. The van der Waals surface area contributed by atoms with E-state index in [9.17, 15) is 4.79 Å². The van der Waals surface area contributed by atoms with E-state index in [1.54, 1.807) is 17.2 Å². The molecule has 2 N–H and O–H groups in total. The molecule has 2 heterocycles. The number of carbonyl (C=O) groups is 1. The molecule has 36 heavy (non-hydrogen) atoms. The second-order valence-corrected chi connectivity index (χ2v) is 8.25. The van der Waals surface area contributed by atoms with Crippen molar-refractivity contribution in [2.45, 2.75) is 19.0 Å². The maximum absolute atomic E-state index is 12.8. The normalized spacial score (nSPS) is 11.6. The second-order valence-electron chi connectivity index (χ2n) is 8.25. The third-order valence-electron chi connectivity index (χ3n) is 5.72. The number of amides is 2. The number of aryl methyl sites for hydroxylation is 2. The minimum absolute atomic E-state index is 0.291. The summed E-state index contributed by atoms with van der Waals surface area (Å²) >= 11 is 0. The molecule has 0 aliphatic rings. The van der Waals surface area contributed by atoms with Crippen molar-refractivity contribution in [3.63, 3.8) is 0 Å². The van der Waals surface area contributed by atoms with E-state index >= 15 is 0 Å². The molecule has 0 bridgehead atoms. The van der Waals surface area contributed by atoms with Gasteiger partial charge in [0.25, 0.3) is 0 Å². The maximum Gasteiger partial charge on any atom is 0.319 e. The van der Waals surface area contributed by atoms with Gasteiger partial charge in [0.15, 0.2) is 0 Å². The highest BCUT2D eigenvalue weighted by atomic mass is 16.2. The van der Waals surface area contributed by atoms with E-state index < -0.39 is 0 Å². The van der Waals surface area contributed by atoms with Crippen LogP contribution in [0.4, 0.5) is 10.5 Å². The molecule has 0 saturated carbocycles. The first-order valence-electron chi connectivity index (χ1n) is 11.7. The molecule has 2 amide bonds. The molecule has 178 valence electrons. The Hall–Kier alpha value is -4.85. The summed E-state index contributed by atoms with van der Waals surface area (Å²) in [6.07, 6.45) is 4.22. The Kier molecular flexibility index (Phi) is 7.03. The molecule has 1 atom stereocenters. The summed E-state index contributed by atoms with van der Waals surface area (Å²) in [6, 6.07) is 30.6. The minimum atomic E-state index is -0.310. The first kappa shape index (κ1) is 22.9. The predicted octanol–water partition coefficient (Wildman–Crippen LogP) is 4.89. The van der Waals surface area contributed by atoms with E-state index in [2.05, 4.69) is 31.0 Å². The standard InChI is InChI=1S/C28H25N7O/c36-28(31-26(22-8-3-1-4-9-22)24-12-7-18-29-20-24)30-25-15-13-21(14-16-25)17-19-35-33-27(32-34-35)23-10-5-2-6-11-23/h1-16,18,20,26H,17,19H2,(H2,30,31,36). The minimum Gasteiger partial charge on any atom is -0.327 e. The number of urea groups is 1. The number of nitrogens with zero attached hydrogens (tertiary/aromatic N) is 5. The molecule has 2 aromatic heterocycles. The van der Waals surface area contributed by atoms with Crippen molar-refractivity contribution in [1.29, 1.82) is 0 Å². The van der Waals surface area contributed by atoms with E-state index in [4.69, 9.17) is 0 Å². The molecule has 1 unspecified atom stereocenters. The van der Waals surface area contributed by atoms with Crippen molar-refractivity contribution in [3.8, 4) is 11.4 Å². The fraction of sp³-hybridized carbons (Fsp3) is 0.107. The zero-order valence-electron chi connectivity index (χ0n) is 19.5. The van der Waals surface area contributed by atoms with Gasteiger partial charge < -0.3 is 10.6 Å². The van der Waals surface area contributed by atoms with E-state index in [1.165, 1.54) is 0 Å². The summed E-state index contributed by atoms with van der Waals surface area (Å²) in [4.78, 5) is 18.6. The van der Waals surface area contributed by atoms with Crippen LogP contribution >= 0.6 is 0 Å². The Balaban J connectivity index is 1.18. The lowest BCUT2D eigenvalue weighted by Gasteiger charge is -2.20. The van der Waals surface area contributed by atoms with Crippen molar-refractivity contribution in [2.75, 3.05) is 5.32 Å². The van der Waals surface area contributed by atoms with Crippen LogP contribution in [0, 0.1) is 0 Å². The lowest BCUT2D eigenvalue weighted by atomic mass is 10.0. The highest BCUT2D eigenvalue weighted by molar-refractivity contribution is 5.89. The Labute approximate surface area is 209 Å². The molecule has 3 aromatic carbocycles. The number of nitrogens with one attached hydrogen (secondary N) is 2.